The van der Waals surface area contributed by atoms with E-state index in [9.17, 15) is 14.5 Å². The van der Waals surface area contributed by atoms with Gasteiger partial charge < -0.3 is 9.47 Å². The van der Waals surface area contributed by atoms with Crippen LogP contribution in [0.5, 0.6) is 0 Å². The van der Waals surface area contributed by atoms with Crippen molar-refractivity contribution in [3.63, 3.8) is 0 Å². The predicted molar refractivity (Wildman–Crippen MR) is 473 cm³/mol. The molecule has 5 aromatic carbocycles. The van der Waals surface area contributed by atoms with Gasteiger partial charge in [-0.15, -0.1) is 0 Å². The number of hydrogen-bond acceptors (Lipinski definition) is 8. The molecule has 1 saturated heterocycles. The Kier molecular flexibility index (Phi) is 113. The van der Waals surface area contributed by atoms with Crippen LogP contribution >= 0.6 is 0 Å². The number of nitro groups is 1. The Morgan fingerprint density at radius 3 is 0.748 bits per heavy atom. The van der Waals surface area contributed by atoms with Crippen LogP contribution in [-0.2, 0) is 9.47 Å². The molecule has 3 aliphatic rings. The van der Waals surface area contributed by atoms with E-state index in [1.54, 1.807) is 12.1 Å². The van der Waals surface area contributed by atoms with Crippen LogP contribution in [0.2, 0.25) is 0 Å². The summed E-state index contributed by atoms with van der Waals surface area (Å²) < 4.78 is 19.8. The molecule has 2 aliphatic carbocycles. The highest BCUT2D eigenvalue weighted by molar-refractivity contribution is 5.83. The van der Waals surface area contributed by atoms with Gasteiger partial charge in [-0.05, 0) is 123 Å². The van der Waals surface area contributed by atoms with Crippen molar-refractivity contribution in [2.75, 3.05) is 20.4 Å². The zero-order valence-corrected chi connectivity index (χ0v) is 65.1. The lowest BCUT2D eigenvalue weighted by Gasteiger charge is -2.24. The van der Waals surface area contributed by atoms with Gasteiger partial charge in [0.15, 0.2) is 6.29 Å². The molecule has 0 spiro atoms. The lowest BCUT2D eigenvalue weighted by molar-refractivity contribution is -0.384. The topological polar surface area (TPSA) is 113 Å². The Hall–Kier alpha value is -6.23. The molecular formula is C93H176FN5O4. The summed E-state index contributed by atoms with van der Waals surface area (Å²) >= 11 is 0. The first-order valence-electron chi connectivity index (χ1n) is 35.5. The van der Waals surface area contributed by atoms with Crippen LogP contribution in [0.4, 0.5) is 10.1 Å². The number of fused-ring (bicyclic) bond motifs is 1. The van der Waals surface area contributed by atoms with Gasteiger partial charge in [-0.3, -0.25) is 14.5 Å². The molecule has 9 nitrogen and oxygen atoms in total. The third-order valence-corrected chi connectivity index (χ3v) is 13.1. The third-order valence-electron chi connectivity index (χ3n) is 13.1. The van der Waals surface area contributed by atoms with Gasteiger partial charge in [0.05, 0.1) is 25.3 Å². The number of non-ortho nitro benzene ring substituents is 1. The minimum Gasteiger partial charge on any atom is -0.353 e. The van der Waals surface area contributed by atoms with Gasteiger partial charge in [-0.2, -0.15) is 0 Å². The highest BCUT2D eigenvalue weighted by atomic mass is 19.1. The van der Waals surface area contributed by atoms with Crippen LogP contribution in [0.15, 0.2) is 134 Å². The molecule has 0 unspecified atom stereocenters. The van der Waals surface area contributed by atoms with E-state index in [-0.39, 0.29) is 78.8 Å². The third kappa shape index (κ3) is 88.1. The lowest BCUT2D eigenvalue weighted by Crippen LogP contribution is -2.27. The van der Waals surface area contributed by atoms with E-state index in [2.05, 4.69) is 243 Å². The maximum atomic E-state index is 10.1. The average molecular weight is 1450 g/mol. The van der Waals surface area contributed by atoms with Crippen LogP contribution in [0.25, 0.3) is 10.8 Å². The van der Waals surface area contributed by atoms with Crippen molar-refractivity contribution in [1.82, 2.24) is 19.9 Å². The van der Waals surface area contributed by atoms with Crippen LogP contribution < -0.4 is 0 Å². The van der Waals surface area contributed by atoms with Crippen LogP contribution in [0.3, 0.4) is 0 Å². The molecule has 0 radical (unpaired) electrons. The monoisotopic (exact) mass is 1450 g/mol. The maximum Gasteiger partial charge on any atom is 0.269 e. The Balaban J connectivity index is -0.0000000696. The van der Waals surface area contributed by atoms with Gasteiger partial charge in [-0.25, -0.2) is 19.9 Å². The highest BCUT2D eigenvalue weighted by Gasteiger charge is 2.14. The standard InChI is InChI=1S/C12H12.C8H16.2C8H10.C7H7NO2.C7H14.2C6H8N2.C6H12O2.5C3H8.CH3F.9CH4/c1-9-3-5-12-8-10(2)4-6-11(12)7-9;3*1-7-3-5-8(2)6-4-7;1-6-2-4-7(5-3-6)8(9)10;1-7-5-3-2-4-6-7;3*1-5-3-7-6(2)8-4-5;5*1-3-2;1-2;;;;;;;;;/h3-8H,1-2H3;7-8H,3-6H2,1-2H3;2*3-6H,1-2H3;2-5H,1H3;7H,2-6H2,1H3;2*3-4H,1-2H3;5-6H,3-4H2,1-2H3;5*3H2,1-2H3;1H3;9*1H4. The fourth-order valence-corrected chi connectivity index (χ4v) is 7.77. The van der Waals surface area contributed by atoms with Crippen molar-refractivity contribution < 1.29 is 18.8 Å². The van der Waals surface area contributed by atoms with Gasteiger partial charge in [0.2, 0.25) is 0 Å². The SMILES string of the molecule is C.C.C.C.C.C.C.C.C.CC1CCC(C)CC1.CC1CCCCC1.CC1COC(C)OC1.CCC.CCC.CCC.CCC.CCC.CF.Cc1ccc(C)cc1.Cc1ccc(C)cc1.Cc1ccc([N+](=O)[O-])cc1.Cc1ccc2cc(C)ccc2c1.Cc1cnc(C)nc1.Cc1cnc(C)nc1. The van der Waals surface area contributed by atoms with E-state index in [1.807, 2.05) is 66.3 Å². The molecule has 2 aromatic heterocycles. The predicted octanol–water partition coefficient (Wildman–Crippen LogP) is 32.0. The first-order chi connectivity index (χ1) is 44.6. The van der Waals surface area contributed by atoms with Gasteiger partial charge in [0.25, 0.3) is 5.69 Å². The molecule has 103 heavy (non-hydrogen) atoms. The largest absolute Gasteiger partial charge is 0.353 e. The highest BCUT2D eigenvalue weighted by Crippen LogP contribution is 2.27. The number of nitro benzene ring substituents is 1. The zero-order chi connectivity index (χ0) is 72.7. The number of benzene rings is 5. The fraction of sp³-hybridized carbons (Fsp3) is 0.613. The van der Waals surface area contributed by atoms with E-state index >= 15 is 0 Å². The number of halogens is 1. The van der Waals surface area contributed by atoms with Crippen molar-refractivity contribution in [3.05, 3.63) is 206 Å². The summed E-state index contributed by atoms with van der Waals surface area (Å²) in [4.78, 5) is 25.6. The van der Waals surface area contributed by atoms with Gasteiger partial charge in [0, 0.05) is 42.8 Å². The summed E-state index contributed by atoms with van der Waals surface area (Å²) in [5, 5.41) is 12.8. The number of rotatable bonds is 1. The molecule has 7 aromatic rings. The summed E-state index contributed by atoms with van der Waals surface area (Å²) in [6, 6.07) is 36.5. The van der Waals surface area contributed by atoms with Gasteiger partial charge >= 0.3 is 0 Å². The zero-order valence-electron chi connectivity index (χ0n) is 65.1. The Bertz CT molecular complexity index is 2350. The van der Waals surface area contributed by atoms with E-state index in [0.717, 1.165) is 59.3 Å². The molecule has 10 rings (SSSR count). The number of alkyl halides is 1. The minimum absolute atomic E-state index is 0. The number of aromatic nitrogens is 4. The molecule has 0 amide bonds. The van der Waals surface area contributed by atoms with E-state index in [4.69, 9.17) is 9.47 Å². The number of nitrogens with zero attached hydrogens (tertiary/aromatic N) is 5. The van der Waals surface area contributed by atoms with E-state index < -0.39 is 4.92 Å². The smallest absolute Gasteiger partial charge is 0.269 e. The Morgan fingerprint density at radius 1 is 0.340 bits per heavy atom. The molecule has 1 aliphatic heterocycles. The minimum atomic E-state index is -0.403. The first-order valence-corrected chi connectivity index (χ1v) is 35.5. The van der Waals surface area contributed by atoms with Crippen molar-refractivity contribution >= 4 is 16.5 Å². The summed E-state index contributed by atoms with van der Waals surface area (Å²) in [5.74, 6) is 5.31. The molecular weight excluding hydrogens is 1270 g/mol. The summed E-state index contributed by atoms with van der Waals surface area (Å²) in [7, 11) is 0.500. The van der Waals surface area contributed by atoms with Crippen LogP contribution in [0, 0.1) is 110 Å². The molecule has 0 bridgehead atoms. The van der Waals surface area contributed by atoms with Gasteiger partial charge in [0.1, 0.15) is 11.6 Å². The quantitative estimate of drug-likeness (QED) is 0.118. The molecule has 0 N–H and O–H groups in total. The summed E-state index contributed by atoms with van der Waals surface area (Å²) in [6.45, 7) is 56.3. The molecule has 604 valence electrons. The normalized spacial score (nSPS) is 13.8. The van der Waals surface area contributed by atoms with Gasteiger partial charge in [-0.1, -0.05) is 390 Å². The molecule has 2 saturated carbocycles. The van der Waals surface area contributed by atoms with Crippen molar-refractivity contribution in [2.45, 2.75) is 343 Å². The van der Waals surface area contributed by atoms with Crippen molar-refractivity contribution in [2.24, 2.45) is 23.7 Å². The lowest BCUT2D eigenvalue weighted by atomic mass is 9.84. The summed E-state index contributed by atoms with van der Waals surface area (Å²) in [6.07, 6.45) is 26.8. The second kappa shape index (κ2) is 90.0. The van der Waals surface area contributed by atoms with Crippen molar-refractivity contribution in [1.29, 1.82) is 0 Å². The molecule has 0 atom stereocenters. The molecule has 3 heterocycles. The van der Waals surface area contributed by atoms with Crippen LogP contribution in [-0.4, -0.2) is 51.5 Å². The Morgan fingerprint density at radius 2 is 0.553 bits per heavy atom. The van der Waals surface area contributed by atoms with E-state index in [0.29, 0.717) is 13.1 Å². The first kappa shape index (κ1) is 130. The summed E-state index contributed by atoms with van der Waals surface area (Å²) in [5.41, 5.74) is 11.4. The maximum absolute atomic E-state index is 10.1. The van der Waals surface area contributed by atoms with Crippen molar-refractivity contribution in [3.8, 4) is 0 Å². The molecule has 3 fully saturated rings. The van der Waals surface area contributed by atoms with Crippen LogP contribution in [0.1, 0.15) is 322 Å². The number of hydrogen-bond donors (Lipinski definition) is 0. The molecule has 10 heteroatoms. The second-order valence-electron chi connectivity index (χ2n) is 25.4. The Labute approximate surface area is 644 Å². The van der Waals surface area contributed by atoms with E-state index in [1.165, 1.54) is 146 Å². The number of aryl methyl sites for hydroxylation is 11. The second-order valence-corrected chi connectivity index (χ2v) is 25.4. The average Bonchev–Trinajstić information content (AvgIpc) is 0.840. The number of ether oxygens (including phenoxy) is 2. The fourth-order valence-electron chi connectivity index (χ4n) is 7.77.